The molecule has 0 amide bonds. The first kappa shape index (κ1) is 22.7. The number of aliphatic hydroxyl groups excluding tert-OH is 1. The number of aliphatic hydroxyl groups is 1. The molecule has 0 saturated carbocycles. The fraction of sp³-hybridized carbons (Fsp3) is 0.261. The Balaban J connectivity index is 1.52. The van der Waals surface area contributed by atoms with Gasteiger partial charge in [0.2, 0.25) is 0 Å². The summed E-state index contributed by atoms with van der Waals surface area (Å²) in [5, 5.41) is 17.0. The number of aromatic amines is 1. The van der Waals surface area contributed by atoms with Gasteiger partial charge in [-0.2, -0.15) is 5.11 Å². The summed E-state index contributed by atoms with van der Waals surface area (Å²) in [7, 11) is 2.05. The summed E-state index contributed by atoms with van der Waals surface area (Å²) < 4.78 is 27.5. The van der Waals surface area contributed by atoms with Crippen LogP contribution in [0.5, 0.6) is 0 Å². The van der Waals surface area contributed by atoms with Gasteiger partial charge in [0, 0.05) is 49.5 Å². The Morgan fingerprint density at radius 3 is 2.55 bits per heavy atom. The van der Waals surface area contributed by atoms with E-state index in [9.17, 15) is 18.7 Å². The number of hydrogen-bond donors (Lipinski definition) is 4. The molecule has 1 unspecified atom stereocenters. The minimum absolute atomic E-state index is 0.0165. The van der Waals surface area contributed by atoms with Crippen LogP contribution in [-0.4, -0.2) is 53.1 Å². The molecule has 3 aromatic rings. The smallest absolute Gasteiger partial charge is 0.258 e. The van der Waals surface area contributed by atoms with E-state index in [1.807, 2.05) is 4.90 Å². The third-order valence-electron chi connectivity index (χ3n) is 5.74. The number of nitrogens with one attached hydrogen (secondary N) is 3. The van der Waals surface area contributed by atoms with Crippen LogP contribution in [0.2, 0.25) is 0 Å². The number of hydrogen-bond acceptors (Lipinski definition) is 7. The highest BCUT2D eigenvalue weighted by Crippen LogP contribution is 2.23. The number of anilines is 1. The molecule has 2 aromatic carbocycles. The van der Waals surface area contributed by atoms with Gasteiger partial charge >= 0.3 is 0 Å². The highest BCUT2D eigenvalue weighted by molar-refractivity contribution is 5.83. The highest BCUT2D eigenvalue weighted by Gasteiger charge is 2.21. The number of piperazine rings is 1. The summed E-state index contributed by atoms with van der Waals surface area (Å²) in [6.07, 6.45) is 0.662. The molecule has 0 aliphatic carbocycles. The molecule has 33 heavy (non-hydrogen) atoms. The van der Waals surface area contributed by atoms with Crippen LogP contribution in [0.4, 0.5) is 14.5 Å². The quantitative estimate of drug-likeness (QED) is 0.427. The summed E-state index contributed by atoms with van der Waals surface area (Å²) in [6, 6.07) is 10.1. The predicted molar refractivity (Wildman–Crippen MR) is 122 cm³/mol. The van der Waals surface area contributed by atoms with E-state index in [-0.39, 0.29) is 22.2 Å². The van der Waals surface area contributed by atoms with Gasteiger partial charge in [-0.1, -0.05) is 12.1 Å². The van der Waals surface area contributed by atoms with E-state index >= 15 is 0 Å². The first-order chi connectivity index (χ1) is 15.9. The van der Waals surface area contributed by atoms with Crippen molar-refractivity contribution in [3.63, 3.8) is 0 Å². The molecule has 4 rings (SSSR count). The summed E-state index contributed by atoms with van der Waals surface area (Å²) in [6.45, 7) is 3.35. The molecule has 8 nitrogen and oxygen atoms in total. The van der Waals surface area contributed by atoms with Gasteiger partial charge < -0.3 is 20.3 Å². The Hall–Kier alpha value is -3.47. The lowest BCUT2D eigenvalue weighted by molar-refractivity contribution is -0.0232. The van der Waals surface area contributed by atoms with Gasteiger partial charge in [0.05, 0.1) is 11.1 Å². The van der Waals surface area contributed by atoms with Crippen LogP contribution in [0, 0.1) is 17.2 Å². The number of H-pyrrole nitrogens is 1. The first-order valence-electron chi connectivity index (χ1n) is 10.4. The Morgan fingerprint density at radius 2 is 1.88 bits per heavy atom. The highest BCUT2D eigenvalue weighted by atomic mass is 19.1. The van der Waals surface area contributed by atoms with E-state index in [0.29, 0.717) is 5.69 Å². The lowest BCUT2D eigenvalue weighted by Gasteiger charge is -2.35. The maximum Gasteiger partial charge on any atom is 0.258 e. The minimum atomic E-state index is -0.825. The van der Waals surface area contributed by atoms with Crippen molar-refractivity contribution in [2.45, 2.75) is 6.23 Å². The molecule has 1 aromatic heterocycles. The Labute approximate surface area is 188 Å². The van der Waals surface area contributed by atoms with Gasteiger partial charge in [-0.15, -0.1) is 0 Å². The molecular weight excluding hydrogens is 430 g/mol. The van der Waals surface area contributed by atoms with Gasteiger partial charge in [-0.05, 0) is 36.9 Å². The summed E-state index contributed by atoms with van der Waals surface area (Å²) in [4.78, 5) is 19.1. The van der Waals surface area contributed by atoms with Gasteiger partial charge in [-0.25, -0.2) is 14.3 Å². The molecular formula is C23H24F2N6O2. The molecule has 2 heterocycles. The van der Waals surface area contributed by atoms with Gasteiger partial charge in [0.25, 0.3) is 5.56 Å². The summed E-state index contributed by atoms with van der Waals surface area (Å²) in [5.74, 6) is -1.62. The molecule has 1 saturated heterocycles. The van der Waals surface area contributed by atoms with E-state index in [1.165, 1.54) is 12.3 Å². The van der Waals surface area contributed by atoms with Crippen LogP contribution >= 0.6 is 0 Å². The molecule has 1 fully saturated rings. The lowest BCUT2D eigenvalue weighted by atomic mass is 10.1. The molecule has 172 valence electrons. The van der Waals surface area contributed by atoms with Crippen molar-refractivity contribution in [2.24, 2.45) is 5.11 Å². The van der Waals surface area contributed by atoms with Gasteiger partial charge in [-0.3, -0.25) is 9.69 Å². The van der Waals surface area contributed by atoms with Crippen LogP contribution in [0.3, 0.4) is 0 Å². The van der Waals surface area contributed by atoms with E-state index in [0.717, 1.165) is 43.9 Å². The van der Waals surface area contributed by atoms with Crippen molar-refractivity contribution < 1.29 is 13.9 Å². The Morgan fingerprint density at radius 1 is 1.18 bits per heavy atom. The van der Waals surface area contributed by atoms with Gasteiger partial charge in [0.15, 0.2) is 0 Å². The Bertz CT molecular complexity index is 1250. The van der Waals surface area contributed by atoms with Crippen LogP contribution < -0.4 is 10.9 Å². The Kier molecular flexibility index (Phi) is 6.59. The van der Waals surface area contributed by atoms with E-state index in [1.54, 1.807) is 24.3 Å². The van der Waals surface area contributed by atoms with Crippen molar-refractivity contribution in [3.8, 4) is 0 Å². The number of halogens is 2. The third-order valence-corrected chi connectivity index (χ3v) is 5.74. The van der Waals surface area contributed by atoms with Crippen LogP contribution in [0.25, 0.3) is 16.6 Å². The van der Waals surface area contributed by atoms with Gasteiger partial charge in [0.1, 0.15) is 23.6 Å². The van der Waals surface area contributed by atoms with Crippen molar-refractivity contribution in [1.82, 2.24) is 14.8 Å². The molecule has 0 radical (unpaired) electrons. The number of fused-ring (bicyclic) bond motifs is 1. The predicted octanol–water partition coefficient (Wildman–Crippen LogP) is 3.49. The monoisotopic (exact) mass is 454 g/mol. The molecule has 1 atom stereocenters. The fourth-order valence-corrected chi connectivity index (χ4v) is 3.78. The second-order valence-electron chi connectivity index (χ2n) is 7.98. The average Bonchev–Trinajstić information content (AvgIpc) is 2.80. The molecule has 1 aliphatic heterocycles. The third kappa shape index (κ3) is 4.98. The van der Waals surface area contributed by atoms with Crippen molar-refractivity contribution in [1.29, 1.82) is 5.53 Å². The first-order valence-corrected chi connectivity index (χ1v) is 10.4. The number of nitrogens with zero attached hydrogens (tertiary/aromatic N) is 3. The molecule has 0 bridgehead atoms. The number of benzene rings is 2. The summed E-state index contributed by atoms with van der Waals surface area (Å²) in [5.41, 5.74) is 8.19. The SMILES string of the molecule is CN1CCN(C(O)c2ccc(N/C=C(\N=N)c3cc4c(F)cc(F)cc4[nH]c3=O)cc2)CC1. The number of pyridine rings is 1. The van der Waals surface area contributed by atoms with Crippen LogP contribution in [0.1, 0.15) is 17.4 Å². The largest absolute Gasteiger partial charge is 0.374 e. The molecule has 4 N–H and O–H groups in total. The maximum absolute atomic E-state index is 14.1. The lowest BCUT2D eigenvalue weighted by Crippen LogP contribution is -2.45. The van der Waals surface area contributed by atoms with E-state index in [4.69, 9.17) is 5.53 Å². The summed E-state index contributed by atoms with van der Waals surface area (Å²) >= 11 is 0. The van der Waals surface area contributed by atoms with Crippen molar-refractivity contribution >= 4 is 22.3 Å². The maximum atomic E-state index is 14.1. The average molecular weight is 454 g/mol. The zero-order valence-electron chi connectivity index (χ0n) is 18.0. The minimum Gasteiger partial charge on any atom is -0.374 e. The second kappa shape index (κ2) is 9.57. The molecule has 0 spiro atoms. The molecule has 10 heteroatoms. The van der Waals surface area contributed by atoms with Crippen LogP contribution in [0.15, 0.2) is 58.6 Å². The molecule has 1 aliphatic rings. The van der Waals surface area contributed by atoms with E-state index in [2.05, 4.69) is 27.4 Å². The second-order valence-corrected chi connectivity index (χ2v) is 7.98. The zero-order chi connectivity index (χ0) is 23.5. The topological polar surface area (TPSA) is 108 Å². The van der Waals surface area contributed by atoms with E-state index < -0.39 is 23.4 Å². The normalized spacial score (nSPS) is 16.7. The van der Waals surface area contributed by atoms with Crippen LogP contribution in [-0.2, 0) is 0 Å². The van der Waals surface area contributed by atoms with Crippen molar-refractivity contribution in [3.05, 3.63) is 81.8 Å². The zero-order valence-corrected chi connectivity index (χ0v) is 18.0. The standard InChI is InChI=1S/C23H24F2N6O2/c1-30-6-8-31(9-7-30)23(33)14-2-4-16(5-3-14)27-13-21(29-26)18-12-17-19(25)10-15(24)11-20(17)28-22(18)32/h2-5,10-13,23,26-27,33H,6-9H2,1H3,(H,28,32)/b21-13-,29-26?. The number of likely N-dealkylation sites (N-methyl/N-ethyl adjacent to an activating group) is 1. The fourth-order valence-electron chi connectivity index (χ4n) is 3.78. The van der Waals surface area contributed by atoms with Crippen molar-refractivity contribution in [2.75, 3.05) is 38.5 Å². The number of rotatable bonds is 6. The number of aromatic nitrogens is 1.